The SMILES string of the molecule is C=CCOC(=O)c1sc(N2C(=O)C(O)=C(C(=O)c3sc(C)nc3C)C2c2ccc(OCCCCC)cc2)nc1C. The number of hydrogen-bond acceptors (Lipinski definition) is 10. The van der Waals surface area contributed by atoms with Crippen molar-refractivity contribution in [2.75, 3.05) is 18.1 Å². The topological polar surface area (TPSA) is 119 Å². The van der Waals surface area contributed by atoms with Crippen molar-refractivity contribution >= 4 is 45.5 Å². The Morgan fingerprint density at radius 1 is 1.07 bits per heavy atom. The molecule has 1 atom stereocenters. The van der Waals surface area contributed by atoms with Crippen molar-refractivity contribution < 1.29 is 29.0 Å². The molecule has 0 aliphatic carbocycles. The molecule has 9 nitrogen and oxygen atoms in total. The van der Waals surface area contributed by atoms with Gasteiger partial charge in [0.2, 0.25) is 5.78 Å². The fourth-order valence-electron chi connectivity index (χ4n) is 4.38. The van der Waals surface area contributed by atoms with Gasteiger partial charge in [0.1, 0.15) is 17.2 Å². The summed E-state index contributed by atoms with van der Waals surface area (Å²) >= 11 is 2.16. The van der Waals surface area contributed by atoms with E-state index in [0.717, 1.165) is 30.6 Å². The summed E-state index contributed by atoms with van der Waals surface area (Å²) in [5.41, 5.74) is 1.39. The molecule has 40 heavy (non-hydrogen) atoms. The van der Waals surface area contributed by atoms with Crippen molar-refractivity contribution in [1.29, 1.82) is 0 Å². The Hall–Kier alpha value is -3.83. The number of aliphatic hydroxyl groups is 1. The summed E-state index contributed by atoms with van der Waals surface area (Å²) in [7, 11) is 0. The van der Waals surface area contributed by atoms with Gasteiger partial charge in [-0.3, -0.25) is 14.5 Å². The third-order valence-corrected chi connectivity index (χ3v) is 8.49. The maximum atomic E-state index is 13.8. The van der Waals surface area contributed by atoms with E-state index in [0.29, 0.717) is 39.2 Å². The summed E-state index contributed by atoms with van der Waals surface area (Å²) in [5.74, 6) is -1.88. The number of ketones is 1. The zero-order chi connectivity index (χ0) is 29.0. The number of nitrogens with zero attached hydrogens (tertiary/aromatic N) is 3. The van der Waals surface area contributed by atoms with Crippen molar-refractivity contribution in [3.8, 4) is 5.75 Å². The number of aromatic nitrogens is 2. The number of thiazole rings is 2. The Labute approximate surface area is 240 Å². The molecule has 0 spiro atoms. The highest BCUT2D eigenvalue weighted by molar-refractivity contribution is 7.17. The molecule has 1 amide bonds. The first-order valence-electron chi connectivity index (χ1n) is 12.9. The predicted molar refractivity (Wildman–Crippen MR) is 155 cm³/mol. The largest absolute Gasteiger partial charge is 0.503 e. The van der Waals surface area contributed by atoms with E-state index in [4.69, 9.17) is 9.47 Å². The fourth-order valence-corrected chi connectivity index (χ4v) is 6.24. The zero-order valence-electron chi connectivity index (χ0n) is 22.9. The molecule has 4 rings (SSSR count). The average molecular weight is 582 g/mol. The van der Waals surface area contributed by atoms with Crippen LogP contribution in [0.25, 0.3) is 0 Å². The number of unbranched alkanes of at least 4 members (excludes halogenated alkanes) is 2. The summed E-state index contributed by atoms with van der Waals surface area (Å²) < 4.78 is 11.0. The van der Waals surface area contributed by atoms with Crippen LogP contribution in [0.4, 0.5) is 5.13 Å². The van der Waals surface area contributed by atoms with Crippen molar-refractivity contribution in [2.24, 2.45) is 0 Å². The van der Waals surface area contributed by atoms with Crippen LogP contribution in [0.5, 0.6) is 5.75 Å². The van der Waals surface area contributed by atoms with E-state index in [1.807, 2.05) is 0 Å². The molecular weight excluding hydrogens is 550 g/mol. The number of carbonyl (C=O) groups excluding carboxylic acids is 3. The van der Waals surface area contributed by atoms with Crippen LogP contribution in [-0.4, -0.2) is 45.9 Å². The standard InChI is InChI=1S/C29H31N3O6S2/c1-6-8-9-15-37-20-12-10-19(11-13-20)22-21(23(33)25-16(3)30-18(5)39-25)24(34)27(35)32(22)29-31-17(4)26(40-29)28(36)38-14-7-2/h7,10-13,22,34H,2,6,8-9,14-15H2,1,3-5H3. The summed E-state index contributed by atoms with van der Waals surface area (Å²) in [6.07, 6.45) is 4.55. The molecule has 0 saturated carbocycles. The lowest BCUT2D eigenvalue weighted by Crippen LogP contribution is -2.31. The van der Waals surface area contributed by atoms with Crippen LogP contribution in [0.1, 0.15) is 73.5 Å². The van der Waals surface area contributed by atoms with Crippen molar-refractivity contribution in [2.45, 2.75) is 53.0 Å². The van der Waals surface area contributed by atoms with Crippen LogP contribution in [0.2, 0.25) is 0 Å². The van der Waals surface area contributed by atoms with E-state index in [1.54, 1.807) is 45.0 Å². The first kappa shape index (κ1) is 29.2. The van der Waals surface area contributed by atoms with Gasteiger partial charge in [-0.1, -0.05) is 55.9 Å². The minimum Gasteiger partial charge on any atom is -0.503 e. The number of amides is 1. The lowest BCUT2D eigenvalue weighted by molar-refractivity contribution is -0.117. The maximum Gasteiger partial charge on any atom is 0.350 e. The molecule has 210 valence electrons. The molecule has 1 aliphatic rings. The monoisotopic (exact) mass is 581 g/mol. The van der Waals surface area contributed by atoms with Crippen LogP contribution < -0.4 is 9.64 Å². The summed E-state index contributed by atoms with van der Waals surface area (Å²) in [6, 6.07) is 6.08. The van der Waals surface area contributed by atoms with E-state index in [-0.39, 0.29) is 22.2 Å². The number of Topliss-reactive ketones (excluding diaryl/α,β-unsaturated/α-hetero) is 1. The Morgan fingerprint density at radius 2 is 1.77 bits per heavy atom. The van der Waals surface area contributed by atoms with Gasteiger partial charge in [-0.15, -0.1) is 11.3 Å². The second kappa shape index (κ2) is 12.6. The normalized spacial score (nSPS) is 15.1. The van der Waals surface area contributed by atoms with Crippen LogP contribution in [-0.2, 0) is 9.53 Å². The van der Waals surface area contributed by atoms with Crippen molar-refractivity contribution in [1.82, 2.24) is 9.97 Å². The van der Waals surface area contributed by atoms with Gasteiger partial charge in [0.15, 0.2) is 10.9 Å². The van der Waals surface area contributed by atoms with E-state index in [1.165, 1.54) is 22.3 Å². The number of carbonyl (C=O) groups is 3. The van der Waals surface area contributed by atoms with Gasteiger partial charge in [0, 0.05) is 0 Å². The van der Waals surface area contributed by atoms with Crippen LogP contribution in [0.3, 0.4) is 0 Å². The number of esters is 1. The third kappa shape index (κ3) is 5.85. The molecule has 1 N–H and O–H groups in total. The summed E-state index contributed by atoms with van der Waals surface area (Å²) in [4.78, 5) is 50.5. The number of aryl methyl sites for hydroxylation is 3. The van der Waals surface area contributed by atoms with Gasteiger partial charge in [0.25, 0.3) is 5.91 Å². The molecule has 0 radical (unpaired) electrons. The summed E-state index contributed by atoms with van der Waals surface area (Å²) in [6.45, 7) is 11.4. The van der Waals surface area contributed by atoms with E-state index < -0.39 is 29.5 Å². The fraction of sp³-hybridized carbons (Fsp3) is 0.345. The van der Waals surface area contributed by atoms with Gasteiger partial charge < -0.3 is 14.6 Å². The van der Waals surface area contributed by atoms with Gasteiger partial charge in [-0.2, -0.15) is 0 Å². The molecule has 1 aliphatic heterocycles. The van der Waals surface area contributed by atoms with E-state index >= 15 is 0 Å². The van der Waals surface area contributed by atoms with Gasteiger partial charge in [0.05, 0.1) is 39.5 Å². The molecule has 1 unspecified atom stereocenters. The van der Waals surface area contributed by atoms with Crippen LogP contribution in [0, 0.1) is 20.8 Å². The quantitative estimate of drug-likeness (QED) is 0.116. The Balaban J connectivity index is 1.76. The number of ether oxygens (including phenoxy) is 2. The number of benzene rings is 1. The molecular formula is C29H31N3O6S2. The smallest absolute Gasteiger partial charge is 0.350 e. The number of rotatable bonds is 12. The van der Waals surface area contributed by atoms with Crippen LogP contribution >= 0.6 is 22.7 Å². The van der Waals surface area contributed by atoms with Crippen LogP contribution in [0.15, 0.2) is 48.3 Å². The number of anilines is 1. The Kier molecular flexibility index (Phi) is 9.16. The zero-order valence-corrected chi connectivity index (χ0v) is 24.5. The highest BCUT2D eigenvalue weighted by Crippen LogP contribution is 2.44. The lowest BCUT2D eigenvalue weighted by Gasteiger charge is -2.24. The summed E-state index contributed by atoms with van der Waals surface area (Å²) in [5, 5.41) is 11.9. The molecule has 0 fully saturated rings. The molecule has 3 heterocycles. The molecule has 3 aromatic rings. The molecule has 1 aromatic carbocycles. The highest BCUT2D eigenvalue weighted by atomic mass is 32.1. The van der Waals surface area contributed by atoms with E-state index in [9.17, 15) is 19.5 Å². The van der Waals surface area contributed by atoms with Crippen molar-refractivity contribution in [3.05, 3.63) is 80.0 Å². The lowest BCUT2D eigenvalue weighted by atomic mass is 9.95. The maximum absolute atomic E-state index is 13.8. The average Bonchev–Trinajstić information content (AvgIpc) is 3.57. The molecule has 2 aromatic heterocycles. The first-order valence-corrected chi connectivity index (χ1v) is 14.5. The highest BCUT2D eigenvalue weighted by Gasteiger charge is 2.46. The Morgan fingerprint density at radius 3 is 2.40 bits per heavy atom. The Bertz CT molecular complexity index is 1470. The molecule has 0 saturated heterocycles. The number of hydrogen-bond donors (Lipinski definition) is 1. The molecule has 0 bridgehead atoms. The number of aliphatic hydroxyl groups excluding tert-OH is 1. The van der Waals surface area contributed by atoms with E-state index in [2.05, 4.69) is 23.5 Å². The van der Waals surface area contributed by atoms with Gasteiger partial charge >= 0.3 is 5.97 Å². The predicted octanol–water partition coefficient (Wildman–Crippen LogP) is 6.22. The second-order valence-corrected chi connectivity index (χ2v) is 11.4. The van der Waals surface area contributed by atoms with Crippen molar-refractivity contribution in [3.63, 3.8) is 0 Å². The first-order chi connectivity index (χ1) is 19.2. The van der Waals surface area contributed by atoms with Gasteiger partial charge in [-0.25, -0.2) is 14.8 Å². The third-order valence-electron chi connectivity index (χ3n) is 6.28. The molecule has 11 heteroatoms. The van der Waals surface area contributed by atoms with Gasteiger partial charge in [-0.05, 0) is 44.9 Å². The minimum absolute atomic E-state index is 0.0260. The second-order valence-electron chi connectivity index (χ2n) is 9.24. The minimum atomic E-state index is -0.987.